The summed E-state index contributed by atoms with van der Waals surface area (Å²) in [5.41, 5.74) is 3.61. The van der Waals surface area contributed by atoms with Crippen molar-refractivity contribution in [2.24, 2.45) is 17.8 Å². The molecule has 4 atom stereocenters. The molecule has 2 fully saturated rings. The van der Waals surface area contributed by atoms with Crippen molar-refractivity contribution in [1.82, 2.24) is 0 Å². The first-order chi connectivity index (χ1) is 6.72. The minimum absolute atomic E-state index is 0.627. The van der Waals surface area contributed by atoms with E-state index in [0.29, 0.717) is 5.41 Å². The first-order valence-electron chi connectivity index (χ1n) is 5.80. The van der Waals surface area contributed by atoms with Gasteiger partial charge >= 0.3 is 0 Å². The van der Waals surface area contributed by atoms with Crippen LogP contribution in [0.2, 0.25) is 0 Å². The van der Waals surface area contributed by atoms with Gasteiger partial charge < -0.3 is 0 Å². The Kier molecular flexibility index (Phi) is 1.47. The predicted molar refractivity (Wildman–Crippen MR) is 59.3 cm³/mol. The summed E-state index contributed by atoms with van der Waals surface area (Å²) in [4.78, 5) is 0. The fourth-order valence-electron chi connectivity index (χ4n) is 3.80. The summed E-state index contributed by atoms with van der Waals surface area (Å²) in [6.45, 7) is 6.91. The zero-order valence-corrected chi connectivity index (χ0v) is 9.25. The van der Waals surface area contributed by atoms with E-state index in [9.17, 15) is 0 Å². The van der Waals surface area contributed by atoms with Gasteiger partial charge in [-0.3, -0.25) is 0 Å². The number of fused-ring (bicyclic) bond motifs is 1. The smallest absolute Gasteiger partial charge is 0.00469 e. The normalized spacial score (nSPS) is 43.2. The van der Waals surface area contributed by atoms with Gasteiger partial charge in [0.25, 0.3) is 0 Å². The second-order valence-electron chi connectivity index (χ2n) is 5.13. The lowest BCUT2D eigenvalue weighted by atomic mass is 9.89. The molecule has 0 amide bonds. The van der Waals surface area contributed by atoms with Gasteiger partial charge in [0.1, 0.15) is 0 Å². The molecule has 1 aromatic carbocycles. The van der Waals surface area contributed by atoms with E-state index in [2.05, 4.69) is 45.0 Å². The van der Waals surface area contributed by atoms with Crippen LogP contribution in [0.3, 0.4) is 0 Å². The average molecular weight is 186 g/mol. The third-order valence-electron chi connectivity index (χ3n) is 4.66. The Labute approximate surface area is 86.3 Å². The molecule has 3 unspecified atom stereocenters. The monoisotopic (exact) mass is 186 g/mol. The van der Waals surface area contributed by atoms with Crippen molar-refractivity contribution in [3.05, 3.63) is 35.4 Å². The molecule has 2 aliphatic carbocycles. The van der Waals surface area contributed by atoms with Crippen molar-refractivity contribution in [2.75, 3.05) is 0 Å². The molecule has 0 heterocycles. The highest BCUT2D eigenvalue weighted by Gasteiger charge is 2.83. The van der Waals surface area contributed by atoms with E-state index in [1.165, 1.54) is 12.0 Å². The summed E-state index contributed by atoms with van der Waals surface area (Å²) >= 11 is 0. The minimum Gasteiger partial charge on any atom is -0.0651 e. The zero-order chi connectivity index (χ0) is 9.92. The largest absolute Gasteiger partial charge is 0.0651 e. The van der Waals surface area contributed by atoms with Crippen LogP contribution in [-0.2, 0) is 5.41 Å². The van der Waals surface area contributed by atoms with Crippen LogP contribution in [0.25, 0.3) is 0 Å². The molecule has 0 spiro atoms. The van der Waals surface area contributed by atoms with Gasteiger partial charge in [0.05, 0.1) is 0 Å². The van der Waals surface area contributed by atoms with Crippen LogP contribution in [0, 0.1) is 24.7 Å². The third-order valence-corrected chi connectivity index (χ3v) is 4.66. The molecule has 0 radical (unpaired) electrons. The maximum Gasteiger partial charge on any atom is 0.00469 e. The van der Waals surface area contributed by atoms with Crippen LogP contribution in [0.4, 0.5) is 0 Å². The molecule has 0 aliphatic heterocycles. The van der Waals surface area contributed by atoms with Crippen molar-refractivity contribution in [3.8, 4) is 0 Å². The van der Waals surface area contributed by atoms with Gasteiger partial charge in [0, 0.05) is 5.41 Å². The molecule has 0 saturated heterocycles. The second-order valence-corrected chi connectivity index (χ2v) is 5.13. The van der Waals surface area contributed by atoms with Crippen molar-refractivity contribution < 1.29 is 0 Å². The number of hydrogen-bond donors (Lipinski definition) is 0. The van der Waals surface area contributed by atoms with E-state index in [4.69, 9.17) is 0 Å². The summed E-state index contributed by atoms with van der Waals surface area (Å²) in [5.74, 6) is 2.98. The van der Waals surface area contributed by atoms with Gasteiger partial charge in [-0.2, -0.15) is 0 Å². The lowest BCUT2D eigenvalue weighted by Gasteiger charge is -2.15. The third kappa shape index (κ3) is 0.762. The van der Waals surface area contributed by atoms with Gasteiger partial charge in [-0.15, -0.1) is 0 Å². The van der Waals surface area contributed by atoms with Crippen molar-refractivity contribution in [1.29, 1.82) is 0 Å². The van der Waals surface area contributed by atoms with E-state index < -0.39 is 0 Å². The highest BCUT2D eigenvalue weighted by Crippen LogP contribution is 2.84. The summed E-state index contributed by atoms with van der Waals surface area (Å²) in [5, 5.41) is 0. The Morgan fingerprint density at radius 3 is 2.29 bits per heavy atom. The molecule has 14 heavy (non-hydrogen) atoms. The predicted octanol–water partition coefficient (Wildman–Crippen LogP) is 3.54. The number of rotatable bonds is 2. The van der Waals surface area contributed by atoms with Crippen LogP contribution in [0.5, 0.6) is 0 Å². The molecule has 0 nitrogen and oxygen atoms in total. The number of hydrogen-bond acceptors (Lipinski definition) is 0. The van der Waals surface area contributed by atoms with E-state index >= 15 is 0 Å². The molecule has 0 bridgehead atoms. The zero-order valence-electron chi connectivity index (χ0n) is 9.25. The lowest BCUT2D eigenvalue weighted by Crippen LogP contribution is -2.10. The van der Waals surface area contributed by atoms with Crippen LogP contribution in [0.15, 0.2) is 24.3 Å². The summed E-state index contributed by atoms with van der Waals surface area (Å²) in [6.07, 6.45) is 1.36. The highest BCUT2D eigenvalue weighted by atomic mass is 14.9. The van der Waals surface area contributed by atoms with Gasteiger partial charge in [0.15, 0.2) is 0 Å². The molecule has 1 aromatic rings. The van der Waals surface area contributed by atoms with Gasteiger partial charge in [0.2, 0.25) is 0 Å². The number of aryl methyl sites for hydroxylation is 1. The molecule has 0 N–H and O–H groups in total. The molecule has 2 saturated carbocycles. The Morgan fingerprint density at radius 2 is 1.86 bits per heavy atom. The Morgan fingerprint density at radius 1 is 1.21 bits per heavy atom. The van der Waals surface area contributed by atoms with Crippen LogP contribution < -0.4 is 0 Å². The maximum absolute atomic E-state index is 2.41. The Hall–Kier alpha value is -0.780. The topological polar surface area (TPSA) is 0 Å². The molecule has 0 aromatic heterocycles. The van der Waals surface area contributed by atoms with E-state index in [0.717, 1.165) is 17.8 Å². The van der Waals surface area contributed by atoms with Crippen molar-refractivity contribution in [2.45, 2.75) is 32.6 Å². The van der Waals surface area contributed by atoms with Crippen molar-refractivity contribution in [3.63, 3.8) is 0 Å². The van der Waals surface area contributed by atoms with E-state index in [-0.39, 0.29) is 0 Å². The first-order valence-corrected chi connectivity index (χ1v) is 5.80. The SMILES string of the molecule is CC[C@@H]1C2C(C)C21c1ccc(C)cc1. The van der Waals surface area contributed by atoms with E-state index in [1.807, 2.05) is 0 Å². The fourth-order valence-corrected chi connectivity index (χ4v) is 3.80. The van der Waals surface area contributed by atoms with Crippen molar-refractivity contribution >= 4 is 0 Å². The molecule has 2 aliphatic rings. The summed E-state index contributed by atoms with van der Waals surface area (Å²) in [6, 6.07) is 9.22. The molecular formula is C14H18. The minimum atomic E-state index is 0.627. The lowest BCUT2D eigenvalue weighted by molar-refractivity contribution is 0.455. The molecule has 0 heteroatoms. The second kappa shape index (κ2) is 2.42. The van der Waals surface area contributed by atoms with Crippen LogP contribution in [0.1, 0.15) is 31.4 Å². The number of benzene rings is 1. The van der Waals surface area contributed by atoms with E-state index in [1.54, 1.807) is 5.56 Å². The fraction of sp³-hybridized carbons (Fsp3) is 0.571. The first kappa shape index (κ1) is 8.52. The summed E-state index contributed by atoms with van der Waals surface area (Å²) < 4.78 is 0. The highest BCUT2D eigenvalue weighted by molar-refractivity contribution is 5.49. The van der Waals surface area contributed by atoms with Gasteiger partial charge in [-0.25, -0.2) is 0 Å². The molecule has 3 rings (SSSR count). The molecule has 74 valence electrons. The maximum atomic E-state index is 2.41. The average Bonchev–Trinajstić information content (AvgIpc) is 3.04. The quantitative estimate of drug-likeness (QED) is 0.662. The van der Waals surface area contributed by atoms with Crippen LogP contribution in [-0.4, -0.2) is 0 Å². The van der Waals surface area contributed by atoms with Gasteiger partial charge in [-0.1, -0.05) is 50.1 Å². The van der Waals surface area contributed by atoms with Crippen LogP contribution >= 0.6 is 0 Å². The summed E-state index contributed by atoms with van der Waals surface area (Å²) in [7, 11) is 0. The molecular weight excluding hydrogens is 168 g/mol. The Balaban J connectivity index is 1.94. The van der Waals surface area contributed by atoms with Gasteiger partial charge in [-0.05, 0) is 30.2 Å². The Bertz CT molecular complexity index is 356. The standard InChI is InChI=1S/C14H18/c1-4-12-13-10(3)14(12,13)11-7-5-9(2)6-8-11/h5-8,10,12-13H,4H2,1-3H3/t10?,12-,13?,14?/m1/s1.